The van der Waals surface area contributed by atoms with Crippen molar-refractivity contribution in [2.45, 2.75) is 46.0 Å². The summed E-state index contributed by atoms with van der Waals surface area (Å²) < 4.78 is 0. The minimum absolute atomic E-state index is 0.0132. The molecular weight excluding hydrogens is 282 g/mol. The number of amides is 1. The summed E-state index contributed by atoms with van der Waals surface area (Å²) in [5.41, 5.74) is 3.53. The minimum atomic E-state index is 0.0132. The Morgan fingerprint density at radius 3 is 2.86 bits per heavy atom. The number of thioether (sulfide) groups is 1. The number of nitrogens with one attached hydrogen (secondary N) is 1. The highest BCUT2D eigenvalue weighted by Gasteiger charge is 2.20. The van der Waals surface area contributed by atoms with Crippen molar-refractivity contribution in [1.82, 2.24) is 0 Å². The molecule has 0 spiro atoms. The molecule has 0 radical (unpaired) electrons. The van der Waals surface area contributed by atoms with E-state index in [1.54, 1.807) is 11.8 Å². The van der Waals surface area contributed by atoms with Crippen LogP contribution in [0.3, 0.4) is 0 Å². The second-order valence-corrected chi connectivity index (χ2v) is 6.69. The van der Waals surface area contributed by atoms with E-state index in [0.29, 0.717) is 12.2 Å². The fraction of sp³-hybridized carbons (Fsp3) is 0.529. The van der Waals surface area contributed by atoms with E-state index in [1.165, 1.54) is 25.7 Å². The highest BCUT2D eigenvalue weighted by atomic mass is 32.2. The predicted molar refractivity (Wildman–Crippen MR) is 89.3 cm³/mol. The molecule has 0 unspecified atom stereocenters. The molecule has 1 amide bonds. The molecule has 1 heterocycles. The van der Waals surface area contributed by atoms with Crippen molar-refractivity contribution in [3.05, 3.63) is 28.8 Å². The molecule has 0 aliphatic carbocycles. The normalized spacial score (nSPS) is 13.1. The first-order chi connectivity index (χ1) is 10.1. The van der Waals surface area contributed by atoms with E-state index >= 15 is 0 Å². The Hall–Kier alpha value is -1.29. The number of Topliss-reactive ketones (excluding diaryl/α,β-unsaturated/α-hetero) is 1. The minimum Gasteiger partial charge on any atom is -0.326 e. The number of carbonyl (C=O) groups is 2. The zero-order chi connectivity index (χ0) is 15.2. The highest BCUT2D eigenvalue weighted by Crippen LogP contribution is 2.27. The van der Waals surface area contributed by atoms with E-state index in [9.17, 15) is 9.59 Å². The van der Waals surface area contributed by atoms with Gasteiger partial charge in [0.25, 0.3) is 0 Å². The maximum atomic E-state index is 12.3. The van der Waals surface area contributed by atoms with Crippen molar-refractivity contribution in [3.63, 3.8) is 0 Å². The molecule has 0 bridgehead atoms. The van der Waals surface area contributed by atoms with Gasteiger partial charge in [-0.15, -0.1) is 0 Å². The molecule has 0 saturated heterocycles. The van der Waals surface area contributed by atoms with Gasteiger partial charge in [-0.3, -0.25) is 9.59 Å². The number of ketones is 1. The zero-order valence-electron chi connectivity index (χ0n) is 12.8. The molecule has 0 atom stereocenters. The molecule has 0 aromatic heterocycles. The maximum Gasteiger partial charge on any atom is 0.228 e. The standard InChI is InChI=1S/C17H23NO2S/c1-3-4-5-6-7-21-11-16(19)14-9-13-10-17(20)18-15(13)8-12(14)2/h8-9H,3-7,10-11H2,1-2H3,(H,18,20). The predicted octanol–water partition coefficient (Wildman–Crippen LogP) is 3.99. The summed E-state index contributed by atoms with van der Waals surface area (Å²) in [6, 6.07) is 3.81. The van der Waals surface area contributed by atoms with Crippen LogP contribution in [0.5, 0.6) is 0 Å². The van der Waals surface area contributed by atoms with Gasteiger partial charge in [0.2, 0.25) is 5.91 Å². The van der Waals surface area contributed by atoms with Crippen molar-refractivity contribution in [1.29, 1.82) is 0 Å². The van der Waals surface area contributed by atoms with Crippen molar-refractivity contribution in [2.24, 2.45) is 0 Å². The van der Waals surface area contributed by atoms with Gasteiger partial charge in [-0.1, -0.05) is 26.2 Å². The summed E-state index contributed by atoms with van der Waals surface area (Å²) in [7, 11) is 0. The summed E-state index contributed by atoms with van der Waals surface area (Å²) in [5, 5.41) is 2.82. The number of rotatable bonds is 8. The van der Waals surface area contributed by atoms with Gasteiger partial charge in [0.15, 0.2) is 5.78 Å². The average Bonchev–Trinajstić information content (AvgIpc) is 2.80. The van der Waals surface area contributed by atoms with Gasteiger partial charge in [-0.25, -0.2) is 0 Å². The third kappa shape index (κ3) is 4.34. The van der Waals surface area contributed by atoms with Crippen LogP contribution >= 0.6 is 11.8 Å². The van der Waals surface area contributed by atoms with Gasteiger partial charge in [0, 0.05) is 11.3 Å². The molecule has 1 aromatic carbocycles. The summed E-state index contributed by atoms with van der Waals surface area (Å²) in [6.07, 6.45) is 5.35. The summed E-state index contributed by atoms with van der Waals surface area (Å²) in [5.74, 6) is 1.78. The molecule has 0 fully saturated rings. The van der Waals surface area contributed by atoms with Crippen molar-refractivity contribution in [3.8, 4) is 0 Å². The largest absolute Gasteiger partial charge is 0.326 e. The number of unbranched alkanes of at least 4 members (excludes halogenated alkanes) is 3. The van der Waals surface area contributed by atoms with Crippen LogP contribution < -0.4 is 5.32 Å². The van der Waals surface area contributed by atoms with E-state index in [2.05, 4.69) is 12.2 Å². The van der Waals surface area contributed by atoms with E-state index in [0.717, 1.165) is 28.1 Å². The molecule has 1 aromatic rings. The first-order valence-corrected chi connectivity index (χ1v) is 8.81. The van der Waals surface area contributed by atoms with Gasteiger partial charge < -0.3 is 5.32 Å². The Balaban J connectivity index is 1.88. The molecule has 1 aliphatic heterocycles. The lowest BCUT2D eigenvalue weighted by atomic mass is 10.0. The fourth-order valence-electron chi connectivity index (χ4n) is 2.56. The summed E-state index contributed by atoms with van der Waals surface area (Å²) >= 11 is 1.72. The number of fused-ring (bicyclic) bond motifs is 1. The molecule has 21 heavy (non-hydrogen) atoms. The SMILES string of the molecule is CCCCCCSCC(=O)c1cc2c(cc1C)NC(=O)C2. The molecule has 114 valence electrons. The van der Waals surface area contributed by atoms with Crippen molar-refractivity contribution < 1.29 is 9.59 Å². The Morgan fingerprint density at radius 1 is 1.29 bits per heavy atom. The Labute approximate surface area is 130 Å². The van der Waals surface area contributed by atoms with Gasteiger partial charge in [-0.05, 0) is 42.4 Å². The number of carbonyl (C=O) groups excluding carboxylic acids is 2. The molecule has 3 nitrogen and oxygen atoms in total. The second kappa shape index (κ2) is 7.64. The van der Waals surface area contributed by atoms with Gasteiger partial charge in [-0.2, -0.15) is 11.8 Å². The molecular formula is C17H23NO2S. The quantitative estimate of drug-likeness (QED) is 0.583. The first kappa shape index (κ1) is 16.1. The Kier molecular flexibility index (Phi) is 5.85. The van der Waals surface area contributed by atoms with Gasteiger partial charge in [0.05, 0.1) is 12.2 Å². The van der Waals surface area contributed by atoms with Crippen LogP contribution in [0.4, 0.5) is 5.69 Å². The molecule has 1 aliphatic rings. The number of hydrogen-bond acceptors (Lipinski definition) is 3. The van der Waals surface area contributed by atoms with Crippen molar-refractivity contribution in [2.75, 3.05) is 16.8 Å². The van der Waals surface area contributed by atoms with Crippen LogP contribution in [-0.2, 0) is 11.2 Å². The third-order valence-electron chi connectivity index (χ3n) is 3.75. The average molecular weight is 305 g/mol. The van der Waals surface area contributed by atoms with Crippen LogP contribution in [-0.4, -0.2) is 23.2 Å². The van der Waals surface area contributed by atoms with Crippen LogP contribution in [0.15, 0.2) is 12.1 Å². The molecule has 4 heteroatoms. The summed E-state index contributed by atoms with van der Waals surface area (Å²) in [4.78, 5) is 23.7. The molecule has 0 saturated carbocycles. The number of aryl methyl sites for hydroxylation is 1. The molecule has 2 rings (SSSR count). The fourth-order valence-corrected chi connectivity index (χ4v) is 3.45. The van der Waals surface area contributed by atoms with E-state index in [-0.39, 0.29) is 11.7 Å². The Bertz CT molecular complexity index is 540. The molecule has 1 N–H and O–H groups in total. The zero-order valence-corrected chi connectivity index (χ0v) is 13.6. The topological polar surface area (TPSA) is 46.2 Å². The maximum absolute atomic E-state index is 12.3. The van der Waals surface area contributed by atoms with Crippen LogP contribution in [0.1, 0.15) is 54.1 Å². The Morgan fingerprint density at radius 2 is 2.10 bits per heavy atom. The van der Waals surface area contributed by atoms with Crippen molar-refractivity contribution >= 4 is 29.1 Å². The lowest BCUT2D eigenvalue weighted by Gasteiger charge is -2.08. The van der Waals surface area contributed by atoms with Gasteiger partial charge >= 0.3 is 0 Å². The van der Waals surface area contributed by atoms with Crippen LogP contribution in [0.2, 0.25) is 0 Å². The van der Waals surface area contributed by atoms with E-state index < -0.39 is 0 Å². The second-order valence-electron chi connectivity index (χ2n) is 5.59. The highest BCUT2D eigenvalue weighted by molar-refractivity contribution is 7.99. The monoisotopic (exact) mass is 305 g/mol. The third-order valence-corrected chi connectivity index (χ3v) is 4.79. The summed E-state index contributed by atoms with van der Waals surface area (Å²) in [6.45, 7) is 4.14. The lowest BCUT2D eigenvalue weighted by Crippen LogP contribution is -2.06. The number of hydrogen-bond donors (Lipinski definition) is 1. The lowest BCUT2D eigenvalue weighted by molar-refractivity contribution is -0.115. The number of benzene rings is 1. The number of anilines is 1. The van der Waals surface area contributed by atoms with Crippen LogP contribution in [0, 0.1) is 6.92 Å². The van der Waals surface area contributed by atoms with E-state index in [1.807, 2.05) is 19.1 Å². The van der Waals surface area contributed by atoms with Gasteiger partial charge in [0.1, 0.15) is 0 Å². The van der Waals surface area contributed by atoms with Crippen LogP contribution in [0.25, 0.3) is 0 Å². The smallest absolute Gasteiger partial charge is 0.228 e. The van der Waals surface area contributed by atoms with E-state index in [4.69, 9.17) is 0 Å². The first-order valence-electron chi connectivity index (χ1n) is 7.66.